The van der Waals surface area contributed by atoms with Crippen LogP contribution in [-0.2, 0) is 18.3 Å². The Labute approximate surface area is 106 Å². The van der Waals surface area contributed by atoms with E-state index in [2.05, 4.69) is 22.9 Å². The highest BCUT2D eigenvalue weighted by Crippen LogP contribution is 2.20. The molecular formula is C14H15N3O. The molecule has 0 saturated heterocycles. The number of amides is 1. The van der Waals surface area contributed by atoms with Crippen LogP contribution >= 0.6 is 0 Å². The van der Waals surface area contributed by atoms with Crippen LogP contribution in [0.3, 0.4) is 0 Å². The molecule has 0 unspecified atom stereocenters. The molecule has 0 aliphatic rings. The summed E-state index contributed by atoms with van der Waals surface area (Å²) >= 11 is 0. The number of para-hydroxylation sites is 1. The maximum atomic E-state index is 11.2. The summed E-state index contributed by atoms with van der Waals surface area (Å²) in [6.45, 7) is 0.556. The Balaban J connectivity index is 2.18. The van der Waals surface area contributed by atoms with E-state index >= 15 is 0 Å². The minimum absolute atomic E-state index is 0.491. The Kier molecular flexibility index (Phi) is 3.33. The van der Waals surface area contributed by atoms with E-state index in [1.165, 1.54) is 21.4 Å². The summed E-state index contributed by atoms with van der Waals surface area (Å²) in [5, 5.41) is 9.74. The van der Waals surface area contributed by atoms with E-state index in [1.807, 2.05) is 19.2 Å². The molecule has 92 valence electrons. The number of carbonyl (C=O) groups excluding carboxylic acids is 1. The van der Waals surface area contributed by atoms with Gasteiger partial charge >= 0.3 is 5.91 Å². The summed E-state index contributed by atoms with van der Waals surface area (Å²) in [6, 6.07) is 9.80. The largest absolute Gasteiger partial charge is 0.350 e. The topological polar surface area (TPSA) is 49.0 Å². The van der Waals surface area contributed by atoms with Crippen molar-refractivity contribution >= 4 is 16.8 Å². The second kappa shape index (κ2) is 4.92. The number of fused-ring (bicyclic) bond motifs is 1. The van der Waals surface area contributed by atoms with Gasteiger partial charge in [-0.25, -0.2) is 0 Å². The molecule has 18 heavy (non-hydrogen) atoms. The molecule has 0 spiro atoms. The molecular weight excluding hydrogens is 226 g/mol. The lowest BCUT2D eigenvalue weighted by atomic mass is 10.1. The van der Waals surface area contributed by atoms with Crippen LogP contribution in [0.4, 0.5) is 0 Å². The summed E-state index contributed by atoms with van der Waals surface area (Å²) in [6.07, 6.45) is 2.83. The van der Waals surface area contributed by atoms with Gasteiger partial charge in [-0.2, -0.15) is 5.26 Å². The third-order valence-corrected chi connectivity index (χ3v) is 3.14. The molecule has 0 atom stereocenters. The Morgan fingerprint density at radius 1 is 1.44 bits per heavy atom. The van der Waals surface area contributed by atoms with Crippen molar-refractivity contribution in [3.8, 4) is 6.07 Å². The van der Waals surface area contributed by atoms with Crippen molar-refractivity contribution in [2.24, 2.45) is 7.05 Å². The fraction of sp³-hybridized carbons (Fsp3) is 0.286. The molecule has 2 rings (SSSR count). The standard InChI is InChI=1S/C14H15N3O/c1-16(14(18)9-15)8-7-11-10-17(2)13-6-4-3-5-12(11)13/h3-6,10H,7-8H2,1-2H3. The summed E-state index contributed by atoms with van der Waals surface area (Å²) < 4.78 is 2.08. The maximum absolute atomic E-state index is 11.2. The Hall–Kier alpha value is -2.28. The fourth-order valence-electron chi connectivity index (χ4n) is 2.10. The predicted octanol–water partition coefficient (Wildman–Crippen LogP) is 1.70. The number of nitriles is 1. The predicted molar refractivity (Wildman–Crippen MR) is 69.9 cm³/mol. The molecule has 0 saturated carbocycles. The molecule has 2 aromatic rings. The summed E-state index contributed by atoms with van der Waals surface area (Å²) in [4.78, 5) is 12.6. The minimum atomic E-state index is -0.491. The molecule has 4 nitrogen and oxygen atoms in total. The van der Waals surface area contributed by atoms with Gasteiger partial charge in [-0.3, -0.25) is 4.79 Å². The van der Waals surface area contributed by atoms with Crippen molar-refractivity contribution in [3.05, 3.63) is 36.0 Å². The molecule has 0 aliphatic heterocycles. The maximum Gasteiger partial charge on any atom is 0.324 e. The summed E-state index contributed by atoms with van der Waals surface area (Å²) in [5.41, 5.74) is 2.38. The SMILES string of the molecule is CN(CCc1cn(C)c2ccccc12)C(=O)C#N. The molecule has 0 fully saturated rings. The summed E-state index contributed by atoms with van der Waals surface area (Å²) in [7, 11) is 3.66. The average Bonchev–Trinajstić information content (AvgIpc) is 2.72. The highest BCUT2D eigenvalue weighted by atomic mass is 16.2. The first-order chi connectivity index (χ1) is 8.63. The lowest BCUT2D eigenvalue weighted by Gasteiger charge is -2.12. The van der Waals surface area contributed by atoms with Crippen molar-refractivity contribution in [1.29, 1.82) is 5.26 Å². The number of benzene rings is 1. The van der Waals surface area contributed by atoms with Crippen LogP contribution in [0, 0.1) is 11.3 Å². The zero-order valence-corrected chi connectivity index (χ0v) is 10.6. The first kappa shape index (κ1) is 12.2. The second-order valence-corrected chi connectivity index (χ2v) is 4.37. The highest BCUT2D eigenvalue weighted by molar-refractivity contribution is 5.91. The van der Waals surface area contributed by atoms with Gasteiger partial charge in [0.25, 0.3) is 0 Å². The van der Waals surface area contributed by atoms with Crippen molar-refractivity contribution in [2.75, 3.05) is 13.6 Å². The molecule has 0 bridgehead atoms. The van der Waals surface area contributed by atoms with E-state index in [4.69, 9.17) is 5.26 Å². The van der Waals surface area contributed by atoms with Crippen LogP contribution in [-0.4, -0.2) is 29.0 Å². The normalized spacial score (nSPS) is 10.3. The van der Waals surface area contributed by atoms with Crippen LogP contribution < -0.4 is 0 Å². The van der Waals surface area contributed by atoms with Gasteiger partial charge in [-0.05, 0) is 18.1 Å². The van der Waals surface area contributed by atoms with Gasteiger partial charge in [0.1, 0.15) is 0 Å². The number of likely N-dealkylation sites (N-methyl/N-ethyl adjacent to an activating group) is 1. The third-order valence-electron chi connectivity index (χ3n) is 3.14. The van der Waals surface area contributed by atoms with Crippen molar-refractivity contribution in [1.82, 2.24) is 9.47 Å². The van der Waals surface area contributed by atoms with Crippen LogP contribution in [0.2, 0.25) is 0 Å². The smallest absolute Gasteiger partial charge is 0.324 e. The molecule has 4 heteroatoms. The van der Waals surface area contributed by atoms with Gasteiger partial charge < -0.3 is 9.47 Å². The number of aryl methyl sites for hydroxylation is 1. The summed E-state index contributed by atoms with van der Waals surface area (Å²) in [5.74, 6) is -0.491. The van der Waals surface area contributed by atoms with Gasteiger partial charge in [0, 0.05) is 37.7 Å². The zero-order chi connectivity index (χ0) is 13.1. The van der Waals surface area contributed by atoms with Crippen LogP contribution in [0.25, 0.3) is 10.9 Å². The van der Waals surface area contributed by atoms with Gasteiger partial charge in [0.15, 0.2) is 6.07 Å². The van der Waals surface area contributed by atoms with Gasteiger partial charge in [-0.15, -0.1) is 0 Å². The molecule has 0 radical (unpaired) electrons. The van der Waals surface area contributed by atoms with Crippen molar-refractivity contribution in [2.45, 2.75) is 6.42 Å². The Morgan fingerprint density at radius 3 is 2.89 bits per heavy atom. The number of carbonyl (C=O) groups is 1. The number of hydrogen-bond acceptors (Lipinski definition) is 2. The first-order valence-corrected chi connectivity index (χ1v) is 5.81. The van der Waals surface area contributed by atoms with E-state index in [0.29, 0.717) is 6.54 Å². The van der Waals surface area contributed by atoms with Crippen LogP contribution in [0.5, 0.6) is 0 Å². The van der Waals surface area contributed by atoms with E-state index in [-0.39, 0.29) is 0 Å². The Bertz CT molecular complexity index is 621. The number of nitrogens with zero attached hydrogens (tertiary/aromatic N) is 3. The third kappa shape index (κ3) is 2.21. The van der Waals surface area contributed by atoms with Gasteiger partial charge in [0.2, 0.25) is 0 Å². The number of rotatable bonds is 3. The molecule has 0 N–H and O–H groups in total. The second-order valence-electron chi connectivity index (χ2n) is 4.37. The lowest BCUT2D eigenvalue weighted by molar-refractivity contribution is -0.124. The number of hydrogen-bond donors (Lipinski definition) is 0. The molecule has 1 aromatic heterocycles. The van der Waals surface area contributed by atoms with Gasteiger partial charge in [0.05, 0.1) is 0 Å². The minimum Gasteiger partial charge on any atom is -0.350 e. The fourth-order valence-corrected chi connectivity index (χ4v) is 2.10. The van der Waals surface area contributed by atoms with Crippen molar-refractivity contribution in [3.63, 3.8) is 0 Å². The van der Waals surface area contributed by atoms with E-state index in [9.17, 15) is 4.79 Å². The molecule has 1 amide bonds. The van der Waals surface area contributed by atoms with Gasteiger partial charge in [-0.1, -0.05) is 18.2 Å². The molecule has 1 heterocycles. The zero-order valence-electron chi connectivity index (χ0n) is 10.6. The lowest BCUT2D eigenvalue weighted by Crippen LogP contribution is -2.27. The highest BCUT2D eigenvalue weighted by Gasteiger charge is 2.10. The van der Waals surface area contributed by atoms with Crippen molar-refractivity contribution < 1.29 is 4.79 Å². The molecule has 1 aromatic carbocycles. The van der Waals surface area contributed by atoms with E-state index in [0.717, 1.165) is 6.42 Å². The van der Waals surface area contributed by atoms with E-state index in [1.54, 1.807) is 13.1 Å². The molecule has 0 aliphatic carbocycles. The first-order valence-electron chi connectivity index (χ1n) is 5.81. The monoisotopic (exact) mass is 241 g/mol. The average molecular weight is 241 g/mol. The quantitative estimate of drug-likeness (QED) is 0.768. The Morgan fingerprint density at radius 2 is 2.17 bits per heavy atom. The van der Waals surface area contributed by atoms with E-state index < -0.39 is 5.91 Å². The van der Waals surface area contributed by atoms with Crippen LogP contribution in [0.15, 0.2) is 30.5 Å². The van der Waals surface area contributed by atoms with Crippen LogP contribution in [0.1, 0.15) is 5.56 Å². The number of aromatic nitrogens is 1.